The zero-order valence-corrected chi connectivity index (χ0v) is 17.6. The first kappa shape index (κ1) is 20.2. The van der Waals surface area contributed by atoms with Crippen molar-refractivity contribution >= 4 is 0 Å². The van der Waals surface area contributed by atoms with Crippen molar-refractivity contribution < 1.29 is 4.74 Å². The van der Waals surface area contributed by atoms with Crippen LogP contribution in [0.2, 0.25) is 0 Å². The highest BCUT2D eigenvalue weighted by atomic mass is 16.5. The molecule has 0 saturated carbocycles. The van der Waals surface area contributed by atoms with E-state index in [1.807, 2.05) is 0 Å². The highest BCUT2D eigenvalue weighted by molar-refractivity contribution is 5.35. The molecule has 0 saturated heterocycles. The fourth-order valence-corrected chi connectivity index (χ4v) is 3.82. The van der Waals surface area contributed by atoms with Gasteiger partial charge in [-0.05, 0) is 68.4 Å². The molecule has 0 aliphatic heterocycles. The van der Waals surface area contributed by atoms with Gasteiger partial charge in [0.15, 0.2) is 0 Å². The Bertz CT molecular complexity index is 789. The maximum atomic E-state index is 5.99. The van der Waals surface area contributed by atoms with E-state index in [1.165, 1.54) is 16.7 Å². The molecule has 28 heavy (non-hydrogen) atoms. The zero-order valence-electron chi connectivity index (χ0n) is 17.6. The Kier molecular flexibility index (Phi) is 6.57. The van der Waals surface area contributed by atoms with Crippen molar-refractivity contribution in [3.05, 3.63) is 102 Å². The molecule has 1 heteroatoms. The molecule has 0 fully saturated rings. The van der Waals surface area contributed by atoms with E-state index in [0.717, 1.165) is 18.6 Å². The summed E-state index contributed by atoms with van der Waals surface area (Å²) in [5.41, 5.74) is 4.00. The molecule has 1 atom stereocenters. The van der Waals surface area contributed by atoms with E-state index in [9.17, 15) is 0 Å². The van der Waals surface area contributed by atoms with Gasteiger partial charge in [-0.1, -0.05) is 79.7 Å². The van der Waals surface area contributed by atoms with Crippen LogP contribution in [-0.2, 0) is 0 Å². The summed E-state index contributed by atoms with van der Waals surface area (Å²) in [6.45, 7) is 8.54. The lowest BCUT2D eigenvalue weighted by Gasteiger charge is -2.25. The van der Waals surface area contributed by atoms with Crippen molar-refractivity contribution in [3.8, 4) is 5.75 Å². The predicted octanol–water partition coefficient (Wildman–Crippen LogP) is 7.58. The maximum absolute atomic E-state index is 5.99. The number of benzene rings is 3. The van der Waals surface area contributed by atoms with Gasteiger partial charge in [-0.2, -0.15) is 0 Å². The number of hydrogen-bond acceptors (Lipinski definition) is 1. The Balaban J connectivity index is 1.84. The second-order valence-corrected chi connectivity index (χ2v) is 8.50. The minimum absolute atomic E-state index is 0.169. The SMILES string of the molecule is CCC(CC(c1ccccc1)c1ccccc1)c1ccc(OC(C)(C)C)cc1. The van der Waals surface area contributed by atoms with Crippen LogP contribution in [0.3, 0.4) is 0 Å². The van der Waals surface area contributed by atoms with Crippen LogP contribution in [0.25, 0.3) is 0 Å². The molecule has 0 aliphatic rings. The summed E-state index contributed by atoms with van der Waals surface area (Å²) < 4.78 is 5.99. The topological polar surface area (TPSA) is 9.23 Å². The van der Waals surface area contributed by atoms with Crippen LogP contribution >= 0.6 is 0 Å². The van der Waals surface area contributed by atoms with Crippen molar-refractivity contribution in [1.82, 2.24) is 0 Å². The average Bonchev–Trinajstić information content (AvgIpc) is 2.70. The van der Waals surface area contributed by atoms with E-state index in [4.69, 9.17) is 4.74 Å². The summed E-state index contributed by atoms with van der Waals surface area (Å²) in [5, 5.41) is 0. The largest absolute Gasteiger partial charge is 0.488 e. The third-order valence-corrected chi connectivity index (χ3v) is 5.19. The van der Waals surface area contributed by atoms with Crippen molar-refractivity contribution in [2.45, 2.75) is 58.0 Å². The van der Waals surface area contributed by atoms with E-state index in [1.54, 1.807) is 0 Å². The molecule has 0 spiro atoms. The Labute approximate surface area is 170 Å². The van der Waals surface area contributed by atoms with Crippen molar-refractivity contribution in [3.63, 3.8) is 0 Å². The Morgan fingerprint density at radius 2 is 1.18 bits per heavy atom. The summed E-state index contributed by atoms with van der Waals surface area (Å²) in [6.07, 6.45) is 2.22. The fraction of sp³-hybridized carbons (Fsp3) is 0.333. The Hall–Kier alpha value is -2.54. The molecule has 3 aromatic carbocycles. The second kappa shape index (κ2) is 9.10. The third-order valence-electron chi connectivity index (χ3n) is 5.19. The molecule has 146 valence electrons. The van der Waals surface area contributed by atoms with E-state index >= 15 is 0 Å². The van der Waals surface area contributed by atoms with Gasteiger partial charge in [0.2, 0.25) is 0 Å². The van der Waals surface area contributed by atoms with Crippen LogP contribution in [-0.4, -0.2) is 5.60 Å². The molecule has 0 N–H and O–H groups in total. The van der Waals surface area contributed by atoms with Crippen molar-refractivity contribution in [1.29, 1.82) is 0 Å². The quantitative estimate of drug-likeness (QED) is 0.415. The van der Waals surface area contributed by atoms with Crippen LogP contribution in [0.4, 0.5) is 0 Å². The summed E-state index contributed by atoms with van der Waals surface area (Å²) >= 11 is 0. The molecule has 1 unspecified atom stereocenters. The first-order valence-electron chi connectivity index (χ1n) is 10.3. The standard InChI is InChI=1S/C27H32O/c1-5-21(22-16-18-25(19-17-22)28-27(2,3)4)20-26(23-12-8-6-9-13-23)24-14-10-7-11-15-24/h6-19,21,26H,5,20H2,1-4H3. The molecule has 0 radical (unpaired) electrons. The van der Waals surface area contributed by atoms with Crippen LogP contribution in [0.15, 0.2) is 84.9 Å². The third kappa shape index (κ3) is 5.48. The van der Waals surface area contributed by atoms with Crippen LogP contribution in [0.5, 0.6) is 5.75 Å². The van der Waals surface area contributed by atoms with Gasteiger partial charge in [0.05, 0.1) is 0 Å². The first-order valence-corrected chi connectivity index (χ1v) is 10.3. The van der Waals surface area contributed by atoms with Gasteiger partial charge in [0.1, 0.15) is 11.4 Å². The van der Waals surface area contributed by atoms with Crippen molar-refractivity contribution in [2.24, 2.45) is 0 Å². The fourth-order valence-electron chi connectivity index (χ4n) is 3.82. The van der Waals surface area contributed by atoms with Gasteiger partial charge in [-0.25, -0.2) is 0 Å². The van der Waals surface area contributed by atoms with E-state index in [0.29, 0.717) is 11.8 Å². The van der Waals surface area contributed by atoms with Gasteiger partial charge in [0.25, 0.3) is 0 Å². The maximum Gasteiger partial charge on any atom is 0.120 e. The average molecular weight is 373 g/mol. The van der Waals surface area contributed by atoms with E-state index in [-0.39, 0.29) is 5.60 Å². The summed E-state index contributed by atoms with van der Waals surface area (Å²) in [6, 6.07) is 30.5. The van der Waals surface area contributed by atoms with Crippen LogP contribution < -0.4 is 4.74 Å². The number of ether oxygens (including phenoxy) is 1. The van der Waals surface area contributed by atoms with Crippen molar-refractivity contribution in [2.75, 3.05) is 0 Å². The van der Waals surface area contributed by atoms with Gasteiger partial charge in [-0.3, -0.25) is 0 Å². The monoisotopic (exact) mass is 372 g/mol. The Morgan fingerprint density at radius 3 is 1.61 bits per heavy atom. The molecule has 0 heterocycles. The first-order chi connectivity index (χ1) is 13.5. The normalized spacial score (nSPS) is 12.8. The van der Waals surface area contributed by atoms with Crippen LogP contribution in [0.1, 0.15) is 69.1 Å². The molecule has 1 nitrogen and oxygen atoms in total. The molecule has 0 bridgehead atoms. The number of rotatable bonds is 7. The molecular formula is C27H32O. The summed E-state index contributed by atoms with van der Waals surface area (Å²) in [5.74, 6) is 1.85. The molecule has 0 aliphatic carbocycles. The van der Waals surface area contributed by atoms with Gasteiger partial charge >= 0.3 is 0 Å². The highest BCUT2D eigenvalue weighted by Crippen LogP contribution is 2.37. The lowest BCUT2D eigenvalue weighted by Crippen LogP contribution is -2.22. The van der Waals surface area contributed by atoms with E-state index in [2.05, 4.69) is 113 Å². The molecule has 3 rings (SSSR count). The Morgan fingerprint density at radius 1 is 0.679 bits per heavy atom. The zero-order chi connectivity index (χ0) is 20.0. The highest BCUT2D eigenvalue weighted by Gasteiger charge is 2.20. The molecule has 0 aromatic heterocycles. The molecular weight excluding hydrogens is 340 g/mol. The van der Waals surface area contributed by atoms with Gasteiger partial charge in [-0.15, -0.1) is 0 Å². The summed E-state index contributed by atoms with van der Waals surface area (Å²) in [7, 11) is 0. The second-order valence-electron chi connectivity index (χ2n) is 8.50. The molecule has 0 amide bonds. The lowest BCUT2D eigenvalue weighted by atomic mass is 9.80. The predicted molar refractivity (Wildman–Crippen MR) is 119 cm³/mol. The van der Waals surface area contributed by atoms with Gasteiger partial charge in [0, 0.05) is 5.92 Å². The smallest absolute Gasteiger partial charge is 0.120 e. The number of hydrogen-bond donors (Lipinski definition) is 0. The van der Waals surface area contributed by atoms with Crippen LogP contribution in [0, 0.1) is 0 Å². The van der Waals surface area contributed by atoms with Gasteiger partial charge < -0.3 is 4.74 Å². The minimum atomic E-state index is -0.169. The lowest BCUT2D eigenvalue weighted by molar-refractivity contribution is 0.131. The van der Waals surface area contributed by atoms with E-state index < -0.39 is 0 Å². The summed E-state index contributed by atoms with van der Waals surface area (Å²) in [4.78, 5) is 0. The molecule has 3 aromatic rings. The minimum Gasteiger partial charge on any atom is -0.488 e.